The fourth-order valence-corrected chi connectivity index (χ4v) is 4.43. The number of nitro groups is 1. The molecule has 0 atom stereocenters. The van der Waals surface area contributed by atoms with Crippen LogP contribution >= 0.6 is 39.9 Å². The summed E-state index contributed by atoms with van der Waals surface area (Å²) in [6.07, 6.45) is 1.62. The maximum absolute atomic E-state index is 13.0. The van der Waals surface area contributed by atoms with Gasteiger partial charge in [-0.1, -0.05) is 46.0 Å². The largest absolute Gasteiger partial charge is 0.493 e. The number of non-ortho nitro benzene ring substituents is 1. The molecule has 12 heteroatoms. The van der Waals surface area contributed by atoms with Gasteiger partial charge in [0.2, 0.25) is 0 Å². The van der Waals surface area contributed by atoms with Crippen LogP contribution in [0.25, 0.3) is 6.08 Å². The van der Waals surface area contributed by atoms with Crippen molar-refractivity contribution in [3.8, 4) is 11.5 Å². The summed E-state index contributed by atoms with van der Waals surface area (Å²) in [5, 5.41) is 11.1. The molecule has 166 valence electrons. The second-order valence-corrected chi connectivity index (χ2v) is 8.71. The van der Waals surface area contributed by atoms with Crippen LogP contribution in [0.2, 0.25) is 0 Å². The minimum atomic E-state index is -0.544. The first-order valence-corrected chi connectivity index (χ1v) is 10.9. The second kappa shape index (κ2) is 10.1. The fraction of sp³-hybridized carbons (Fsp3) is 0.150. The van der Waals surface area contributed by atoms with Gasteiger partial charge in [-0.15, -0.1) is 0 Å². The highest BCUT2D eigenvalue weighted by Crippen LogP contribution is 2.40. The maximum atomic E-state index is 13.0. The predicted molar refractivity (Wildman–Crippen MR) is 127 cm³/mol. The summed E-state index contributed by atoms with van der Waals surface area (Å²) in [5.74, 6) is -0.293. The molecule has 3 rings (SSSR count). The van der Waals surface area contributed by atoms with E-state index in [-0.39, 0.29) is 16.6 Å². The molecule has 1 fully saturated rings. The van der Waals surface area contributed by atoms with Gasteiger partial charge in [-0.2, -0.15) is 0 Å². The average molecular weight is 539 g/mol. The molecular formula is C20H15BrN2O7S2. The molecule has 0 bridgehead atoms. The number of anilines is 1. The Morgan fingerprint density at radius 2 is 2.03 bits per heavy atom. The van der Waals surface area contributed by atoms with Gasteiger partial charge in [-0.3, -0.25) is 19.8 Å². The van der Waals surface area contributed by atoms with Gasteiger partial charge in [0, 0.05) is 16.6 Å². The Kier molecular flexibility index (Phi) is 7.48. The lowest BCUT2D eigenvalue weighted by atomic mass is 10.1. The Balaban J connectivity index is 1.91. The smallest absolute Gasteiger partial charge is 0.343 e. The van der Waals surface area contributed by atoms with Crippen molar-refractivity contribution in [2.45, 2.75) is 0 Å². The Bertz CT molecular complexity index is 1150. The molecule has 0 radical (unpaired) electrons. The van der Waals surface area contributed by atoms with Crippen molar-refractivity contribution >= 4 is 73.6 Å². The summed E-state index contributed by atoms with van der Waals surface area (Å²) in [6, 6.07) is 8.94. The van der Waals surface area contributed by atoms with Crippen molar-refractivity contribution in [3.05, 3.63) is 61.5 Å². The summed E-state index contributed by atoms with van der Waals surface area (Å²) >= 11 is 9.83. The first-order valence-electron chi connectivity index (χ1n) is 8.84. The molecule has 0 N–H and O–H groups in total. The van der Waals surface area contributed by atoms with E-state index in [2.05, 4.69) is 20.7 Å². The van der Waals surface area contributed by atoms with Crippen LogP contribution in [0, 0.1) is 10.1 Å². The number of ether oxygens (including phenoxy) is 3. The van der Waals surface area contributed by atoms with Gasteiger partial charge in [0.1, 0.15) is 0 Å². The van der Waals surface area contributed by atoms with Crippen molar-refractivity contribution in [1.82, 2.24) is 0 Å². The van der Waals surface area contributed by atoms with Gasteiger partial charge in [0.05, 0.1) is 29.7 Å². The van der Waals surface area contributed by atoms with E-state index in [1.807, 2.05) is 0 Å². The monoisotopic (exact) mass is 538 g/mol. The minimum absolute atomic E-state index is 0.143. The van der Waals surface area contributed by atoms with Crippen molar-refractivity contribution in [2.24, 2.45) is 0 Å². The summed E-state index contributed by atoms with van der Waals surface area (Å²) in [6.45, 7) is -0.291. The molecule has 0 unspecified atom stereocenters. The Labute approximate surface area is 200 Å². The van der Waals surface area contributed by atoms with E-state index in [4.69, 9.17) is 21.7 Å². The van der Waals surface area contributed by atoms with E-state index in [1.165, 1.54) is 37.3 Å². The lowest BCUT2D eigenvalue weighted by Crippen LogP contribution is -2.27. The molecule has 0 aromatic heterocycles. The fourth-order valence-electron chi connectivity index (χ4n) is 2.71. The van der Waals surface area contributed by atoms with Crippen molar-refractivity contribution in [1.29, 1.82) is 0 Å². The number of amides is 1. The van der Waals surface area contributed by atoms with E-state index in [0.717, 1.165) is 11.8 Å². The normalized spacial score (nSPS) is 14.6. The first-order chi connectivity index (χ1) is 15.2. The highest BCUT2D eigenvalue weighted by atomic mass is 79.9. The van der Waals surface area contributed by atoms with Crippen LogP contribution < -0.4 is 14.4 Å². The molecule has 1 saturated heterocycles. The van der Waals surface area contributed by atoms with Gasteiger partial charge < -0.3 is 14.2 Å². The van der Waals surface area contributed by atoms with Crippen molar-refractivity contribution in [3.63, 3.8) is 0 Å². The van der Waals surface area contributed by atoms with Gasteiger partial charge in [-0.25, -0.2) is 4.79 Å². The number of thioether (sulfide) groups is 1. The molecule has 1 heterocycles. The van der Waals surface area contributed by atoms with E-state index in [0.29, 0.717) is 32.1 Å². The molecule has 0 saturated carbocycles. The number of methoxy groups -OCH3 is 2. The number of hydrogen-bond acceptors (Lipinski definition) is 9. The summed E-state index contributed by atoms with van der Waals surface area (Å²) in [7, 11) is 2.70. The molecule has 32 heavy (non-hydrogen) atoms. The van der Waals surface area contributed by atoms with Crippen LogP contribution in [0.1, 0.15) is 5.56 Å². The van der Waals surface area contributed by atoms with E-state index >= 15 is 0 Å². The molecule has 1 aliphatic rings. The Morgan fingerprint density at radius 3 is 2.69 bits per heavy atom. The Morgan fingerprint density at radius 1 is 1.28 bits per heavy atom. The van der Waals surface area contributed by atoms with Gasteiger partial charge in [-0.05, 0) is 29.8 Å². The summed E-state index contributed by atoms with van der Waals surface area (Å²) < 4.78 is 16.1. The van der Waals surface area contributed by atoms with E-state index in [9.17, 15) is 19.7 Å². The number of halogens is 1. The van der Waals surface area contributed by atoms with Gasteiger partial charge in [0.25, 0.3) is 11.6 Å². The highest BCUT2D eigenvalue weighted by molar-refractivity contribution is 9.10. The zero-order valence-corrected chi connectivity index (χ0v) is 19.9. The van der Waals surface area contributed by atoms with Crippen LogP contribution in [0.15, 0.2) is 45.8 Å². The standard InChI is InChI=1S/C20H15BrN2O7S2/c1-28-15-6-11(14(21)9-16(15)30-10-18(24)29-2)7-17-19(25)22(20(31)32-17)12-4-3-5-13(8-12)23(26)27/h3-9H,10H2,1-2H3/b17-7-. The van der Waals surface area contributed by atoms with E-state index in [1.54, 1.807) is 24.3 Å². The molecule has 0 aliphatic carbocycles. The number of carbonyl (C=O) groups excluding carboxylic acids is 2. The van der Waals surface area contributed by atoms with Crippen LogP contribution in [0.3, 0.4) is 0 Å². The molecular weight excluding hydrogens is 524 g/mol. The predicted octanol–water partition coefficient (Wildman–Crippen LogP) is 4.32. The lowest BCUT2D eigenvalue weighted by Gasteiger charge is -2.14. The number of benzene rings is 2. The second-order valence-electron chi connectivity index (χ2n) is 6.18. The third-order valence-corrected chi connectivity index (χ3v) is 6.22. The average Bonchev–Trinajstić information content (AvgIpc) is 3.06. The molecule has 9 nitrogen and oxygen atoms in total. The van der Waals surface area contributed by atoms with Gasteiger partial charge >= 0.3 is 5.97 Å². The van der Waals surface area contributed by atoms with Gasteiger partial charge in [0.15, 0.2) is 22.4 Å². The van der Waals surface area contributed by atoms with E-state index < -0.39 is 16.8 Å². The summed E-state index contributed by atoms with van der Waals surface area (Å²) in [4.78, 5) is 36.4. The molecule has 0 spiro atoms. The zero-order valence-electron chi connectivity index (χ0n) is 16.7. The van der Waals surface area contributed by atoms with Crippen molar-refractivity contribution in [2.75, 3.05) is 25.7 Å². The number of rotatable bonds is 7. The van der Waals surface area contributed by atoms with Crippen molar-refractivity contribution < 1.29 is 28.7 Å². The van der Waals surface area contributed by atoms with Crippen LogP contribution in [-0.2, 0) is 14.3 Å². The number of nitrogens with zero attached hydrogens (tertiary/aromatic N) is 2. The number of esters is 1. The number of thiocarbonyl (C=S) groups is 1. The SMILES string of the molecule is COC(=O)COc1cc(Br)c(/C=C2\SC(=S)N(c3cccc([N+](=O)[O-])c3)C2=O)cc1OC. The van der Waals surface area contributed by atoms with Crippen LogP contribution in [-0.4, -0.2) is 41.9 Å². The summed E-state index contributed by atoms with van der Waals surface area (Å²) in [5.41, 5.74) is 0.774. The minimum Gasteiger partial charge on any atom is -0.493 e. The number of hydrogen-bond donors (Lipinski definition) is 0. The maximum Gasteiger partial charge on any atom is 0.343 e. The third kappa shape index (κ3) is 5.09. The Hall–Kier alpha value is -2.96. The quantitative estimate of drug-likeness (QED) is 0.167. The number of nitro benzene ring substituents is 1. The van der Waals surface area contributed by atoms with Crippen LogP contribution in [0.5, 0.6) is 11.5 Å². The topological polar surface area (TPSA) is 108 Å². The molecule has 2 aromatic rings. The number of carbonyl (C=O) groups is 2. The molecule has 1 amide bonds. The highest BCUT2D eigenvalue weighted by Gasteiger charge is 2.34. The first kappa shape index (κ1) is 23.7. The van der Waals surface area contributed by atoms with Crippen LogP contribution in [0.4, 0.5) is 11.4 Å². The lowest BCUT2D eigenvalue weighted by molar-refractivity contribution is -0.384. The molecule has 1 aliphatic heterocycles. The third-order valence-electron chi connectivity index (χ3n) is 4.24. The zero-order chi connectivity index (χ0) is 23.4. The molecule has 2 aromatic carbocycles.